The van der Waals surface area contributed by atoms with E-state index in [0.717, 1.165) is 12.5 Å². The highest BCUT2D eigenvalue weighted by molar-refractivity contribution is 8.00. The lowest BCUT2D eigenvalue weighted by molar-refractivity contribution is 0.127. The molecule has 3 heteroatoms. The van der Waals surface area contributed by atoms with Gasteiger partial charge in [-0.2, -0.15) is 11.8 Å². The maximum Gasteiger partial charge on any atom is 0.0666 e. The number of ether oxygens (including phenoxy) is 1. The van der Waals surface area contributed by atoms with Gasteiger partial charge in [-0.25, -0.2) is 0 Å². The predicted octanol–water partition coefficient (Wildman–Crippen LogP) is 2.53. The Kier molecular flexibility index (Phi) is 6.02. The van der Waals surface area contributed by atoms with E-state index < -0.39 is 0 Å². The summed E-state index contributed by atoms with van der Waals surface area (Å²) in [6.45, 7) is 7.74. The van der Waals surface area contributed by atoms with Crippen LogP contribution in [0.2, 0.25) is 0 Å². The minimum Gasteiger partial charge on any atom is -0.377 e. The Morgan fingerprint density at radius 1 is 1.53 bits per heavy atom. The third-order valence-corrected chi connectivity index (χ3v) is 5.10. The van der Waals surface area contributed by atoms with E-state index in [-0.39, 0.29) is 0 Å². The molecule has 90 valence electrons. The Balaban J connectivity index is 2.27. The zero-order chi connectivity index (χ0) is 11.3. The molecule has 4 unspecified atom stereocenters. The van der Waals surface area contributed by atoms with E-state index in [1.807, 2.05) is 0 Å². The molecule has 1 saturated heterocycles. The average Bonchev–Trinajstić information content (AvgIpc) is 2.65. The van der Waals surface area contributed by atoms with Crippen LogP contribution < -0.4 is 5.32 Å². The van der Waals surface area contributed by atoms with Crippen LogP contribution in [0.4, 0.5) is 0 Å². The largest absolute Gasteiger partial charge is 0.377 e. The lowest BCUT2D eigenvalue weighted by Gasteiger charge is -2.24. The third kappa shape index (κ3) is 3.97. The molecule has 0 saturated carbocycles. The molecule has 0 aromatic carbocycles. The molecule has 0 aromatic rings. The van der Waals surface area contributed by atoms with Crippen LogP contribution in [0, 0.1) is 5.92 Å². The SMILES string of the molecule is CCC(C)C(CSC1CCOC1C)NC. The smallest absolute Gasteiger partial charge is 0.0666 e. The van der Waals surface area contributed by atoms with Crippen molar-refractivity contribution in [2.24, 2.45) is 5.92 Å². The van der Waals surface area contributed by atoms with Crippen molar-refractivity contribution in [3.8, 4) is 0 Å². The summed E-state index contributed by atoms with van der Waals surface area (Å²) in [5, 5.41) is 4.14. The highest BCUT2D eigenvalue weighted by atomic mass is 32.2. The Hall–Kier alpha value is 0.270. The minimum absolute atomic E-state index is 0.449. The molecule has 1 aliphatic rings. The maximum atomic E-state index is 5.58. The van der Waals surface area contributed by atoms with Crippen LogP contribution in [0.15, 0.2) is 0 Å². The van der Waals surface area contributed by atoms with E-state index in [1.54, 1.807) is 0 Å². The molecule has 4 atom stereocenters. The quantitative estimate of drug-likeness (QED) is 0.759. The van der Waals surface area contributed by atoms with Crippen LogP contribution in [-0.4, -0.2) is 36.8 Å². The van der Waals surface area contributed by atoms with Crippen molar-refractivity contribution in [3.05, 3.63) is 0 Å². The number of hydrogen-bond donors (Lipinski definition) is 1. The van der Waals surface area contributed by atoms with E-state index in [0.29, 0.717) is 17.4 Å². The molecule has 1 fully saturated rings. The molecule has 0 aliphatic carbocycles. The van der Waals surface area contributed by atoms with Gasteiger partial charge in [0.1, 0.15) is 0 Å². The fourth-order valence-corrected chi connectivity index (χ4v) is 3.54. The molecular formula is C12H25NOS. The van der Waals surface area contributed by atoms with Crippen LogP contribution in [0.25, 0.3) is 0 Å². The summed E-state index contributed by atoms with van der Waals surface area (Å²) in [4.78, 5) is 0. The van der Waals surface area contributed by atoms with Crippen LogP contribution in [0.5, 0.6) is 0 Å². The first-order chi connectivity index (χ1) is 7.19. The topological polar surface area (TPSA) is 21.3 Å². The first kappa shape index (κ1) is 13.3. The first-order valence-corrected chi connectivity index (χ1v) is 7.14. The van der Waals surface area contributed by atoms with Crippen molar-refractivity contribution in [2.75, 3.05) is 19.4 Å². The first-order valence-electron chi connectivity index (χ1n) is 6.09. The molecule has 0 bridgehead atoms. The number of nitrogens with one attached hydrogen (secondary N) is 1. The summed E-state index contributed by atoms with van der Waals surface area (Å²) < 4.78 is 5.58. The lowest BCUT2D eigenvalue weighted by atomic mass is 10.0. The number of rotatable bonds is 6. The Bertz CT molecular complexity index is 177. The summed E-state index contributed by atoms with van der Waals surface area (Å²) in [6, 6.07) is 0.646. The molecule has 1 heterocycles. The molecule has 0 spiro atoms. The van der Waals surface area contributed by atoms with Crippen molar-refractivity contribution in [1.82, 2.24) is 5.32 Å². The second-order valence-electron chi connectivity index (χ2n) is 4.52. The van der Waals surface area contributed by atoms with Gasteiger partial charge in [0.2, 0.25) is 0 Å². The summed E-state index contributed by atoms with van der Waals surface area (Å²) in [7, 11) is 2.08. The fourth-order valence-electron chi connectivity index (χ4n) is 1.97. The zero-order valence-corrected chi connectivity index (χ0v) is 11.3. The van der Waals surface area contributed by atoms with Gasteiger partial charge in [-0.1, -0.05) is 20.3 Å². The van der Waals surface area contributed by atoms with Gasteiger partial charge in [-0.3, -0.25) is 0 Å². The van der Waals surface area contributed by atoms with Gasteiger partial charge in [0.25, 0.3) is 0 Å². The Morgan fingerprint density at radius 3 is 2.73 bits per heavy atom. The van der Waals surface area contributed by atoms with Crippen molar-refractivity contribution < 1.29 is 4.74 Å². The van der Waals surface area contributed by atoms with Crippen molar-refractivity contribution >= 4 is 11.8 Å². The number of hydrogen-bond acceptors (Lipinski definition) is 3. The van der Waals surface area contributed by atoms with Crippen molar-refractivity contribution in [3.63, 3.8) is 0 Å². The minimum atomic E-state index is 0.449. The highest BCUT2D eigenvalue weighted by Crippen LogP contribution is 2.27. The standard InChI is InChI=1S/C12H25NOS/c1-5-9(2)11(13-4)8-15-12-6-7-14-10(12)3/h9-13H,5-8H2,1-4H3. The molecular weight excluding hydrogens is 206 g/mol. The summed E-state index contributed by atoms with van der Waals surface area (Å²) in [6.07, 6.45) is 2.93. The molecule has 0 amide bonds. The second-order valence-corrected chi connectivity index (χ2v) is 5.79. The van der Waals surface area contributed by atoms with Crippen molar-refractivity contribution in [2.45, 2.75) is 51.0 Å². The molecule has 1 N–H and O–H groups in total. The lowest BCUT2D eigenvalue weighted by Crippen LogP contribution is -2.35. The average molecular weight is 231 g/mol. The van der Waals surface area contributed by atoms with Crippen LogP contribution in [0.3, 0.4) is 0 Å². The zero-order valence-electron chi connectivity index (χ0n) is 10.5. The molecule has 0 aromatic heterocycles. The van der Waals surface area contributed by atoms with Crippen LogP contribution in [0.1, 0.15) is 33.6 Å². The van der Waals surface area contributed by atoms with Gasteiger partial charge in [-0.15, -0.1) is 0 Å². The van der Waals surface area contributed by atoms with Gasteiger partial charge in [0.05, 0.1) is 6.10 Å². The monoisotopic (exact) mass is 231 g/mol. The van der Waals surface area contributed by atoms with Crippen LogP contribution in [-0.2, 0) is 4.74 Å². The van der Waals surface area contributed by atoms with Gasteiger partial charge < -0.3 is 10.1 Å². The van der Waals surface area contributed by atoms with E-state index in [9.17, 15) is 0 Å². The van der Waals surface area contributed by atoms with E-state index >= 15 is 0 Å². The van der Waals surface area contributed by atoms with E-state index in [4.69, 9.17) is 4.74 Å². The van der Waals surface area contributed by atoms with Gasteiger partial charge >= 0.3 is 0 Å². The van der Waals surface area contributed by atoms with E-state index in [1.165, 1.54) is 18.6 Å². The predicted molar refractivity (Wildman–Crippen MR) is 68.6 cm³/mol. The van der Waals surface area contributed by atoms with Gasteiger partial charge in [0.15, 0.2) is 0 Å². The molecule has 0 radical (unpaired) electrons. The molecule has 15 heavy (non-hydrogen) atoms. The maximum absolute atomic E-state index is 5.58. The molecule has 1 aliphatic heterocycles. The van der Waals surface area contributed by atoms with Gasteiger partial charge in [-0.05, 0) is 26.3 Å². The third-order valence-electron chi connectivity index (χ3n) is 3.50. The number of thioether (sulfide) groups is 1. The van der Waals surface area contributed by atoms with E-state index in [2.05, 4.69) is 44.9 Å². The Morgan fingerprint density at radius 2 is 2.27 bits per heavy atom. The molecule has 1 rings (SSSR count). The normalized spacial score (nSPS) is 30.4. The summed E-state index contributed by atoms with van der Waals surface area (Å²) >= 11 is 2.08. The van der Waals surface area contributed by atoms with Crippen LogP contribution >= 0.6 is 11.8 Å². The fraction of sp³-hybridized carbons (Fsp3) is 1.00. The second kappa shape index (κ2) is 6.77. The highest BCUT2D eigenvalue weighted by Gasteiger charge is 2.26. The summed E-state index contributed by atoms with van der Waals surface area (Å²) in [5.41, 5.74) is 0. The van der Waals surface area contributed by atoms with Crippen molar-refractivity contribution in [1.29, 1.82) is 0 Å². The Labute approximate surface area is 98.5 Å². The molecule has 2 nitrogen and oxygen atoms in total. The summed E-state index contributed by atoms with van der Waals surface area (Å²) in [5.74, 6) is 1.98. The van der Waals surface area contributed by atoms with Gasteiger partial charge in [0, 0.05) is 23.7 Å².